The summed E-state index contributed by atoms with van der Waals surface area (Å²) in [6, 6.07) is 12.9. The molecule has 1 amide bonds. The summed E-state index contributed by atoms with van der Waals surface area (Å²) >= 11 is 1.50. The number of nitrogens with zero attached hydrogens (tertiary/aromatic N) is 3. The molecule has 10 heteroatoms. The van der Waals surface area contributed by atoms with E-state index in [9.17, 15) is 23.3 Å². The van der Waals surface area contributed by atoms with Gasteiger partial charge in [-0.25, -0.2) is 13.4 Å². The fourth-order valence-electron chi connectivity index (χ4n) is 4.92. The minimum atomic E-state index is -3.86. The number of ketones is 1. The number of hydrogen-bond acceptors (Lipinski definition) is 8. The average molecular weight is 555 g/mol. The summed E-state index contributed by atoms with van der Waals surface area (Å²) < 4.78 is 27.7. The summed E-state index contributed by atoms with van der Waals surface area (Å²) in [6.07, 6.45) is 2.98. The summed E-state index contributed by atoms with van der Waals surface area (Å²) in [4.78, 5) is 32.5. The van der Waals surface area contributed by atoms with Gasteiger partial charge in [-0.1, -0.05) is 51.1 Å². The molecule has 1 saturated heterocycles. The molecule has 4 rings (SSSR count). The number of rotatable bonds is 10. The molecule has 2 heterocycles. The number of carbonyl (C=O) groups is 2. The van der Waals surface area contributed by atoms with Gasteiger partial charge in [0.05, 0.1) is 11.1 Å². The highest BCUT2D eigenvalue weighted by atomic mass is 32.2. The van der Waals surface area contributed by atoms with Crippen LogP contribution in [-0.4, -0.2) is 43.4 Å². The van der Waals surface area contributed by atoms with Crippen molar-refractivity contribution in [3.8, 4) is 6.07 Å². The molecule has 1 N–H and O–H groups in total. The summed E-state index contributed by atoms with van der Waals surface area (Å²) in [7, 11) is -3.86. The van der Waals surface area contributed by atoms with E-state index in [4.69, 9.17) is 4.98 Å². The quantitative estimate of drug-likeness (QED) is 0.329. The van der Waals surface area contributed by atoms with Gasteiger partial charge in [-0.3, -0.25) is 14.3 Å². The number of sulfonamides is 1. The van der Waals surface area contributed by atoms with Gasteiger partial charge in [-0.15, -0.1) is 11.8 Å². The third-order valence-electron chi connectivity index (χ3n) is 7.13. The van der Waals surface area contributed by atoms with Crippen LogP contribution in [0.15, 0.2) is 41.4 Å². The summed E-state index contributed by atoms with van der Waals surface area (Å²) in [5, 5.41) is 10.7. The molecule has 1 aromatic carbocycles. The molecule has 1 saturated carbocycles. The smallest absolute Gasteiger partial charge is 0.244 e. The van der Waals surface area contributed by atoms with Crippen molar-refractivity contribution < 1.29 is 18.0 Å². The molecule has 38 heavy (non-hydrogen) atoms. The van der Waals surface area contributed by atoms with Gasteiger partial charge in [0, 0.05) is 30.7 Å². The first kappa shape index (κ1) is 28.1. The fraction of sp³-hybridized carbons (Fsp3) is 0.500. The maximum Gasteiger partial charge on any atom is 0.244 e. The number of piperidine rings is 1. The standard InChI is InChI=1S/C28H34N4O4S2/c1-4-8-24(33)23-17-21(18-29)25(30-27(23)37-19(2)3)32-15-11-20(12-16-32)26(34)31-38(35,36)28(13-14-28)22-9-6-5-7-10-22/h5-7,9-10,17,19-20H,4,8,11-16H2,1-3H3,(H,31,34). The second-order valence-corrected chi connectivity index (χ2v) is 13.8. The SMILES string of the molecule is CCCC(=O)c1cc(C#N)c(N2CCC(C(=O)NS(=O)(=O)C3(c4ccccc4)CC3)CC2)nc1SC(C)C. The first-order valence-corrected chi connectivity index (χ1v) is 15.5. The van der Waals surface area contributed by atoms with Crippen molar-refractivity contribution in [1.29, 1.82) is 5.26 Å². The van der Waals surface area contributed by atoms with E-state index in [0.717, 1.165) is 0 Å². The topological polar surface area (TPSA) is 120 Å². The maximum absolute atomic E-state index is 13.2. The average Bonchev–Trinajstić information content (AvgIpc) is 3.72. The number of aromatic nitrogens is 1. The Bertz CT molecular complexity index is 1340. The molecule has 1 aliphatic carbocycles. The highest BCUT2D eigenvalue weighted by Crippen LogP contribution is 2.52. The number of nitrogens with one attached hydrogen (secondary N) is 1. The third kappa shape index (κ3) is 5.74. The number of amides is 1. The van der Waals surface area contributed by atoms with E-state index >= 15 is 0 Å². The van der Waals surface area contributed by atoms with Crippen LogP contribution in [0.5, 0.6) is 0 Å². The Morgan fingerprint density at radius 3 is 2.42 bits per heavy atom. The molecule has 2 aromatic rings. The van der Waals surface area contributed by atoms with E-state index in [2.05, 4.69) is 10.8 Å². The zero-order chi connectivity index (χ0) is 27.5. The Balaban J connectivity index is 1.47. The Labute approximate surface area is 229 Å². The van der Waals surface area contributed by atoms with Crippen molar-refractivity contribution in [2.24, 2.45) is 5.92 Å². The minimum absolute atomic E-state index is 0.0216. The number of carbonyl (C=O) groups excluding carboxylic acids is 2. The molecule has 2 fully saturated rings. The Hall–Kier alpha value is -2.90. The molecule has 0 atom stereocenters. The number of anilines is 1. The molecule has 0 radical (unpaired) electrons. The molecule has 2 aliphatic rings. The molecule has 8 nitrogen and oxygen atoms in total. The molecule has 0 bridgehead atoms. The summed E-state index contributed by atoms with van der Waals surface area (Å²) in [6.45, 7) is 6.91. The van der Waals surface area contributed by atoms with Gasteiger partial charge in [0.15, 0.2) is 5.78 Å². The second kappa shape index (κ2) is 11.5. The number of pyridine rings is 1. The van der Waals surface area contributed by atoms with Gasteiger partial charge < -0.3 is 4.90 Å². The van der Waals surface area contributed by atoms with Crippen LogP contribution >= 0.6 is 11.8 Å². The number of benzene rings is 1. The van der Waals surface area contributed by atoms with E-state index in [-0.39, 0.29) is 11.0 Å². The van der Waals surface area contributed by atoms with E-state index in [1.807, 2.05) is 43.9 Å². The fourth-order valence-corrected chi connectivity index (χ4v) is 7.52. The summed E-state index contributed by atoms with van der Waals surface area (Å²) in [5.74, 6) is -0.437. The largest absolute Gasteiger partial charge is 0.355 e. The lowest BCUT2D eigenvalue weighted by molar-refractivity contribution is -0.123. The van der Waals surface area contributed by atoms with Crippen molar-refractivity contribution >= 4 is 39.3 Å². The van der Waals surface area contributed by atoms with E-state index < -0.39 is 26.6 Å². The zero-order valence-corrected chi connectivity index (χ0v) is 23.7. The van der Waals surface area contributed by atoms with Gasteiger partial charge in [-0.05, 0) is 43.7 Å². The molecule has 0 unspecified atom stereocenters. The van der Waals surface area contributed by atoms with Crippen LogP contribution in [0.3, 0.4) is 0 Å². The molecule has 0 spiro atoms. The summed E-state index contributed by atoms with van der Waals surface area (Å²) in [5.41, 5.74) is 1.53. The van der Waals surface area contributed by atoms with Crippen molar-refractivity contribution in [1.82, 2.24) is 9.71 Å². The lowest BCUT2D eigenvalue weighted by atomic mass is 9.96. The molecular formula is C28H34N4O4S2. The van der Waals surface area contributed by atoms with Crippen LogP contribution < -0.4 is 9.62 Å². The Morgan fingerprint density at radius 1 is 1.21 bits per heavy atom. The maximum atomic E-state index is 13.2. The monoisotopic (exact) mass is 554 g/mol. The Morgan fingerprint density at radius 2 is 1.87 bits per heavy atom. The number of Topliss-reactive ketones (excluding diaryl/α,β-unsaturated/α-hetero) is 1. The highest BCUT2D eigenvalue weighted by Gasteiger charge is 2.56. The molecular weight excluding hydrogens is 520 g/mol. The first-order valence-electron chi connectivity index (χ1n) is 13.1. The van der Waals surface area contributed by atoms with Gasteiger partial charge in [0.2, 0.25) is 15.9 Å². The van der Waals surface area contributed by atoms with E-state index in [1.54, 1.807) is 18.2 Å². The van der Waals surface area contributed by atoms with Crippen molar-refractivity contribution in [2.75, 3.05) is 18.0 Å². The molecule has 202 valence electrons. The van der Waals surface area contributed by atoms with Crippen LogP contribution in [0.25, 0.3) is 0 Å². The predicted molar refractivity (Wildman–Crippen MR) is 149 cm³/mol. The molecule has 1 aromatic heterocycles. The first-order chi connectivity index (χ1) is 18.1. The minimum Gasteiger partial charge on any atom is -0.355 e. The lowest BCUT2D eigenvalue weighted by Gasteiger charge is -2.33. The number of thioether (sulfide) groups is 1. The van der Waals surface area contributed by atoms with Gasteiger partial charge >= 0.3 is 0 Å². The highest BCUT2D eigenvalue weighted by molar-refractivity contribution is 7.99. The van der Waals surface area contributed by atoms with Crippen LogP contribution in [0, 0.1) is 17.2 Å². The van der Waals surface area contributed by atoms with Crippen LogP contribution in [-0.2, 0) is 19.6 Å². The van der Waals surface area contributed by atoms with E-state index in [0.29, 0.717) is 79.1 Å². The van der Waals surface area contributed by atoms with Gasteiger partial charge in [0.1, 0.15) is 21.7 Å². The molecule has 1 aliphatic heterocycles. The van der Waals surface area contributed by atoms with Gasteiger partial charge in [-0.2, -0.15) is 5.26 Å². The number of hydrogen-bond donors (Lipinski definition) is 1. The predicted octanol–water partition coefficient (Wildman–Crippen LogP) is 4.79. The lowest BCUT2D eigenvalue weighted by Crippen LogP contribution is -2.45. The normalized spacial score (nSPS) is 17.2. The second-order valence-electron chi connectivity index (χ2n) is 10.3. The Kier molecular flexibility index (Phi) is 8.48. The number of nitriles is 1. The van der Waals surface area contributed by atoms with Crippen molar-refractivity contribution in [3.63, 3.8) is 0 Å². The zero-order valence-electron chi connectivity index (χ0n) is 22.1. The third-order valence-corrected chi connectivity index (χ3v) is 10.3. The van der Waals surface area contributed by atoms with Crippen molar-refractivity contribution in [2.45, 2.75) is 74.3 Å². The van der Waals surface area contributed by atoms with Crippen LogP contribution in [0.2, 0.25) is 0 Å². The van der Waals surface area contributed by atoms with Crippen LogP contribution in [0.1, 0.15) is 80.8 Å². The van der Waals surface area contributed by atoms with E-state index in [1.165, 1.54) is 11.8 Å². The van der Waals surface area contributed by atoms with Crippen molar-refractivity contribution in [3.05, 3.63) is 53.1 Å². The van der Waals surface area contributed by atoms with Crippen LogP contribution in [0.4, 0.5) is 5.82 Å². The van der Waals surface area contributed by atoms with Gasteiger partial charge in [0.25, 0.3) is 0 Å².